The maximum absolute atomic E-state index is 2.72. The van der Waals surface area contributed by atoms with E-state index in [1.165, 1.54) is 178 Å². The topological polar surface area (TPSA) is 0 Å². The first-order valence-electron chi connectivity index (χ1n) is 53.4. The van der Waals surface area contributed by atoms with Gasteiger partial charge in [-0.15, -0.1) is 0 Å². The van der Waals surface area contributed by atoms with Gasteiger partial charge >= 0.3 is 0 Å². The van der Waals surface area contributed by atoms with Crippen LogP contribution >= 0.6 is 0 Å². The van der Waals surface area contributed by atoms with Crippen LogP contribution in [0.2, 0.25) is 0 Å². The molecule has 0 amide bonds. The number of hydrogen-bond donors (Lipinski definition) is 0. The van der Waals surface area contributed by atoms with Gasteiger partial charge in [-0.25, -0.2) is 0 Å². The van der Waals surface area contributed by atoms with Gasteiger partial charge in [0.15, 0.2) is 0 Å². The van der Waals surface area contributed by atoms with E-state index in [9.17, 15) is 0 Å². The zero-order valence-electron chi connectivity index (χ0n) is 97.9. The third-order valence-corrected chi connectivity index (χ3v) is 30.1. The van der Waals surface area contributed by atoms with E-state index in [0.29, 0.717) is 0 Å². The molecule has 0 nitrogen and oxygen atoms in total. The lowest BCUT2D eigenvalue weighted by atomic mass is 9.76. The molecule has 0 spiro atoms. The van der Waals surface area contributed by atoms with Gasteiger partial charge in [-0.2, -0.15) is 0 Å². The molecule has 13 aromatic carbocycles. The Labute approximate surface area is 865 Å². The molecule has 0 heterocycles. The Balaban J connectivity index is 1.40. The quantitative estimate of drug-likeness (QED) is 0.114. The average molecular weight is 1890 g/mol. The summed E-state index contributed by atoms with van der Waals surface area (Å²) < 4.78 is 0. The van der Waals surface area contributed by atoms with Gasteiger partial charge in [0.05, 0.1) is 0 Å². The van der Waals surface area contributed by atoms with E-state index in [0.717, 1.165) is 44.5 Å². The monoisotopic (exact) mass is 1890 g/mol. The highest BCUT2D eigenvalue weighted by atomic mass is 14.4. The van der Waals surface area contributed by atoms with E-state index in [4.69, 9.17) is 0 Å². The third-order valence-electron chi connectivity index (χ3n) is 30.1. The summed E-state index contributed by atoms with van der Waals surface area (Å²) in [5, 5.41) is 0. The van der Waals surface area contributed by atoms with E-state index in [1.807, 2.05) is 0 Å². The predicted molar refractivity (Wildman–Crippen MR) is 631 cm³/mol. The van der Waals surface area contributed by atoms with E-state index < -0.39 is 0 Å². The van der Waals surface area contributed by atoms with Crippen LogP contribution in [-0.2, 0) is 86.6 Å². The first-order chi connectivity index (χ1) is 64.3. The summed E-state index contributed by atoms with van der Waals surface area (Å²) in [5.41, 5.74) is 46.8. The lowest BCUT2D eigenvalue weighted by Crippen LogP contribution is -2.16. The molecule has 0 aliphatic carbocycles. The molecule has 0 N–H and O–H groups in total. The minimum atomic E-state index is -0.163. The van der Waals surface area contributed by atoms with Crippen molar-refractivity contribution in [1.82, 2.24) is 0 Å². The van der Waals surface area contributed by atoms with E-state index in [2.05, 4.69) is 563 Å². The fourth-order valence-electron chi connectivity index (χ4n) is 19.3. The van der Waals surface area contributed by atoms with Crippen LogP contribution in [0.25, 0.3) is 134 Å². The van der Waals surface area contributed by atoms with Crippen LogP contribution in [0.3, 0.4) is 0 Å². The highest BCUT2D eigenvalue weighted by molar-refractivity contribution is 6.01. The Bertz CT molecular complexity index is 5480. The SMILES string of the molecule is CC(C)(C)c1cc(-c2cc(-c3cc(C(C)(C)C)cc(C(C)(C)C)c3)cc(-c3cc(-c4cc(-c5cc(C(C)(C)C)cc(C(C)(C)C)c5)cc(-c5cc(C(C)(C)C)cc(C(C)(C)C)c5)c4)c(-c4cc(-c5cc(C(C)(C)C)cc(C(C)(C)C)c5)cc(-c5cc(C(C)(C)C)cc(C(C)(C)C)c5)c4)cc3-c3cc(-c4cc(C(C)(C)C)cc(C(C)(C)C)c4)cc(-c4cc(C(C)(C)C)cc(C(C)(C)C)c4)c3)c2)cc(C(C)(C)C)c1. The molecule has 142 heavy (non-hydrogen) atoms. The molecule has 0 atom stereocenters. The molecule has 13 rings (SSSR count). The number of hydrogen-bond acceptors (Lipinski definition) is 0. The lowest BCUT2D eigenvalue weighted by molar-refractivity contribution is 0.568. The van der Waals surface area contributed by atoms with Crippen LogP contribution in [0.5, 0.6) is 0 Å². The maximum atomic E-state index is 2.72. The van der Waals surface area contributed by atoms with Gasteiger partial charge in [-0.05, 0) is 394 Å². The van der Waals surface area contributed by atoms with E-state index in [-0.39, 0.29) is 86.6 Å². The van der Waals surface area contributed by atoms with Crippen molar-refractivity contribution in [2.24, 2.45) is 0 Å². The minimum absolute atomic E-state index is 0.163. The van der Waals surface area contributed by atoms with E-state index >= 15 is 0 Å². The fraction of sp³-hybridized carbons (Fsp3) is 0.451. The van der Waals surface area contributed by atoms with Crippen LogP contribution in [0.1, 0.15) is 421 Å². The predicted octanol–water partition coefficient (Wildman–Crippen LogP) is 42.5. The van der Waals surface area contributed by atoms with Gasteiger partial charge in [-0.3, -0.25) is 0 Å². The molecule has 0 aromatic heterocycles. The first kappa shape index (κ1) is 109. The maximum Gasteiger partial charge on any atom is -0.00984 e. The smallest absolute Gasteiger partial charge is 0.00984 e. The summed E-state index contributed by atoms with van der Waals surface area (Å²) in [4.78, 5) is 0. The van der Waals surface area contributed by atoms with Crippen molar-refractivity contribution in [3.05, 3.63) is 320 Å². The molecule has 0 bridgehead atoms. The van der Waals surface area contributed by atoms with Gasteiger partial charge in [-0.1, -0.05) is 478 Å². The number of benzene rings is 13. The van der Waals surface area contributed by atoms with E-state index in [1.54, 1.807) is 0 Å². The standard InChI is InChI=1S/C142H182/c1-127(2,3)107-61-95(62-108(77-107)128(4,5)6)87-49-88(96-63-109(129(7,8)9)78-110(64-96)130(10,11)12)54-103(53-87)123-85-125(105-57-91(99-69-115(135(25,26)27)81-116(70-99)136(28,29)30)51-92(58-105)100-71-117(137(31,32)33)82-118(72-100)138(34,35)36)126(106-59-93(101-73-119(139(37,38)39)83-120(74-101)140(40,41)42)52-94(60-106)102-75-121(141(43,44)45)84-122(76-102)142(46,47)48)86-124(123)104-55-89(97-65-111(131(13,14)15)79-112(66-97)132(16,17)18)50-90(56-104)98-67-113(133(19,20)21)80-114(68-98)134(22,23)24/h49-86H,1-48H3. The van der Waals surface area contributed by atoms with Crippen molar-refractivity contribution in [3.8, 4) is 134 Å². The zero-order valence-corrected chi connectivity index (χ0v) is 97.9. The molecular formula is C142H182. The van der Waals surface area contributed by atoms with Gasteiger partial charge in [0.25, 0.3) is 0 Å². The average Bonchev–Trinajstić information content (AvgIpc) is 0.733. The van der Waals surface area contributed by atoms with Crippen LogP contribution in [0, 0.1) is 0 Å². The van der Waals surface area contributed by atoms with Crippen molar-refractivity contribution in [3.63, 3.8) is 0 Å². The molecular weight excluding hydrogens is 1710 g/mol. The van der Waals surface area contributed by atoms with Gasteiger partial charge in [0.1, 0.15) is 0 Å². The van der Waals surface area contributed by atoms with Gasteiger partial charge in [0.2, 0.25) is 0 Å². The normalized spacial score (nSPS) is 13.6. The molecule has 0 unspecified atom stereocenters. The second-order valence-corrected chi connectivity index (χ2v) is 59.5. The van der Waals surface area contributed by atoms with Crippen molar-refractivity contribution >= 4 is 0 Å². The molecule has 0 aliphatic rings. The molecule has 0 heteroatoms. The molecule has 0 aliphatic heterocycles. The van der Waals surface area contributed by atoms with Crippen molar-refractivity contribution in [2.75, 3.05) is 0 Å². The highest BCUT2D eigenvalue weighted by Gasteiger charge is 2.34. The Hall–Kier alpha value is -10.1. The van der Waals surface area contributed by atoms with Crippen LogP contribution in [0.4, 0.5) is 0 Å². The summed E-state index contributed by atoms with van der Waals surface area (Å²) in [5.74, 6) is 0. The summed E-state index contributed by atoms with van der Waals surface area (Å²) in [6.07, 6.45) is 0. The lowest BCUT2D eigenvalue weighted by Gasteiger charge is -2.28. The Kier molecular flexibility index (Phi) is 28.5. The largest absolute Gasteiger partial charge is 0.0561 e. The third kappa shape index (κ3) is 25.0. The minimum Gasteiger partial charge on any atom is -0.0561 e. The molecule has 0 fully saturated rings. The molecule has 13 aromatic rings. The van der Waals surface area contributed by atoms with Crippen molar-refractivity contribution in [2.45, 2.75) is 419 Å². The van der Waals surface area contributed by atoms with Crippen molar-refractivity contribution in [1.29, 1.82) is 0 Å². The second-order valence-electron chi connectivity index (χ2n) is 59.5. The molecule has 0 saturated carbocycles. The van der Waals surface area contributed by atoms with Crippen molar-refractivity contribution < 1.29 is 0 Å². The summed E-state index contributed by atoms with van der Waals surface area (Å²) >= 11 is 0. The fourth-order valence-corrected chi connectivity index (χ4v) is 19.3. The summed E-state index contributed by atoms with van der Waals surface area (Å²) in [6.45, 7) is 115. The Morgan fingerprint density at radius 2 is 0.134 bits per heavy atom. The number of rotatable bonds is 12. The van der Waals surface area contributed by atoms with Gasteiger partial charge in [0, 0.05) is 0 Å². The molecule has 0 saturated heterocycles. The van der Waals surface area contributed by atoms with Crippen LogP contribution < -0.4 is 0 Å². The summed E-state index contributed by atoms with van der Waals surface area (Å²) in [6, 6.07) is 97.0. The molecule has 750 valence electrons. The second kappa shape index (κ2) is 37.1. The Morgan fingerprint density at radius 1 is 0.0704 bits per heavy atom. The van der Waals surface area contributed by atoms with Crippen LogP contribution in [-0.4, -0.2) is 0 Å². The molecule has 0 radical (unpaired) electrons. The Morgan fingerprint density at radius 3 is 0.204 bits per heavy atom. The van der Waals surface area contributed by atoms with Gasteiger partial charge < -0.3 is 0 Å². The zero-order chi connectivity index (χ0) is 106. The van der Waals surface area contributed by atoms with Crippen LogP contribution in [0.15, 0.2) is 231 Å². The summed E-state index contributed by atoms with van der Waals surface area (Å²) in [7, 11) is 0. The highest BCUT2D eigenvalue weighted by Crippen LogP contribution is 2.53. The first-order valence-corrected chi connectivity index (χ1v) is 53.4.